The molecule has 1 N–H and O–H groups in total. The van der Waals surface area contributed by atoms with Crippen molar-refractivity contribution in [2.45, 2.75) is 24.7 Å². The molecule has 1 amide bonds. The van der Waals surface area contributed by atoms with Crippen molar-refractivity contribution in [2.24, 2.45) is 0 Å². The number of anilines is 1. The molecule has 4 rings (SSSR count). The predicted molar refractivity (Wildman–Crippen MR) is 121 cm³/mol. The molecule has 1 saturated heterocycles. The van der Waals surface area contributed by atoms with Crippen LogP contribution >= 0.6 is 11.3 Å². The zero-order valence-electron chi connectivity index (χ0n) is 17.7. The summed E-state index contributed by atoms with van der Waals surface area (Å²) in [5, 5.41) is 3.67. The molecule has 0 unspecified atom stereocenters. The van der Waals surface area contributed by atoms with Gasteiger partial charge in [-0.1, -0.05) is 30.3 Å². The fourth-order valence-electron chi connectivity index (χ4n) is 3.98. The quantitative estimate of drug-likeness (QED) is 0.591. The molecule has 1 aliphatic heterocycles. The van der Waals surface area contributed by atoms with Crippen LogP contribution in [0.15, 0.2) is 54.7 Å². The lowest BCUT2D eigenvalue weighted by Crippen LogP contribution is -2.44. The second-order valence-corrected chi connectivity index (χ2v) is 8.61. The van der Waals surface area contributed by atoms with Gasteiger partial charge in [-0.25, -0.2) is 4.98 Å². The molecule has 0 saturated carbocycles. The van der Waals surface area contributed by atoms with E-state index in [2.05, 4.69) is 10.3 Å². The highest BCUT2D eigenvalue weighted by molar-refractivity contribution is 7.15. The minimum absolute atomic E-state index is 0.0424. The van der Waals surface area contributed by atoms with Gasteiger partial charge in [0.2, 0.25) is 5.91 Å². The van der Waals surface area contributed by atoms with Gasteiger partial charge in [0.25, 0.3) is 0 Å². The monoisotopic (exact) mass is 438 g/mol. The van der Waals surface area contributed by atoms with Crippen LogP contribution in [0.25, 0.3) is 0 Å². The maximum Gasteiger partial charge on any atom is 0.236 e. The first kappa shape index (κ1) is 21.3. The molecule has 7 heteroatoms. The third kappa shape index (κ3) is 4.57. The zero-order chi connectivity index (χ0) is 21.7. The van der Waals surface area contributed by atoms with E-state index in [0.29, 0.717) is 37.6 Å². The van der Waals surface area contributed by atoms with Crippen LogP contribution in [0.5, 0.6) is 11.5 Å². The van der Waals surface area contributed by atoms with Crippen LogP contribution < -0.4 is 14.8 Å². The molecule has 1 fully saturated rings. The van der Waals surface area contributed by atoms with E-state index in [0.717, 1.165) is 27.5 Å². The number of benzene rings is 2. The number of rotatable bonds is 7. The normalized spacial score (nSPS) is 15.3. The number of aromatic nitrogens is 1. The summed E-state index contributed by atoms with van der Waals surface area (Å²) in [5.41, 5.74) is 1.42. The number of methoxy groups -OCH3 is 2. The third-order valence-electron chi connectivity index (χ3n) is 5.75. The van der Waals surface area contributed by atoms with Gasteiger partial charge in [0.15, 0.2) is 5.13 Å². The summed E-state index contributed by atoms with van der Waals surface area (Å²) in [5.74, 6) is 1.58. The highest BCUT2D eigenvalue weighted by atomic mass is 32.1. The molecule has 3 aromatic rings. The van der Waals surface area contributed by atoms with Crippen molar-refractivity contribution < 1.29 is 19.0 Å². The Kier molecular flexibility index (Phi) is 6.53. The summed E-state index contributed by atoms with van der Waals surface area (Å²) in [6.45, 7) is 1.10. The van der Waals surface area contributed by atoms with E-state index in [-0.39, 0.29) is 5.91 Å². The van der Waals surface area contributed by atoms with E-state index in [9.17, 15) is 4.79 Å². The van der Waals surface area contributed by atoms with E-state index >= 15 is 0 Å². The van der Waals surface area contributed by atoms with Gasteiger partial charge in [-0.15, -0.1) is 11.3 Å². The highest BCUT2D eigenvalue weighted by Gasteiger charge is 2.42. The molecular formula is C24H26N2O4S. The molecule has 0 aliphatic carbocycles. The van der Waals surface area contributed by atoms with Crippen molar-refractivity contribution in [3.63, 3.8) is 0 Å². The Hall–Kier alpha value is -2.90. The average Bonchev–Trinajstić information content (AvgIpc) is 3.26. The largest absolute Gasteiger partial charge is 0.497 e. The van der Waals surface area contributed by atoms with Crippen LogP contribution in [0.2, 0.25) is 0 Å². The van der Waals surface area contributed by atoms with Crippen molar-refractivity contribution in [1.82, 2.24) is 4.98 Å². The van der Waals surface area contributed by atoms with Gasteiger partial charge in [0, 0.05) is 30.7 Å². The number of nitrogens with zero attached hydrogens (tertiary/aromatic N) is 1. The first-order chi connectivity index (χ1) is 15.1. The maximum atomic E-state index is 13.5. The molecule has 2 heterocycles. The fourth-order valence-corrected chi connectivity index (χ4v) is 4.81. The summed E-state index contributed by atoms with van der Waals surface area (Å²) in [7, 11) is 3.31. The van der Waals surface area contributed by atoms with Gasteiger partial charge in [-0.3, -0.25) is 4.79 Å². The second kappa shape index (κ2) is 9.49. The summed E-state index contributed by atoms with van der Waals surface area (Å²) in [6.07, 6.45) is 3.78. The van der Waals surface area contributed by atoms with Crippen LogP contribution in [-0.2, 0) is 21.4 Å². The molecule has 0 radical (unpaired) electrons. The molecule has 6 nitrogen and oxygen atoms in total. The zero-order valence-corrected chi connectivity index (χ0v) is 18.5. The summed E-state index contributed by atoms with van der Waals surface area (Å²) in [6, 6.07) is 15.7. The van der Waals surface area contributed by atoms with Crippen molar-refractivity contribution in [2.75, 3.05) is 32.8 Å². The van der Waals surface area contributed by atoms with Gasteiger partial charge < -0.3 is 19.5 Å². The van der Waals surface area contributed by atoms with E-state index < -0.39 is 5.41 Å². The van der Waals surface area contributed by atoms with Crippen LogP contribution in [0.4, 0.5) is 5.13 Å². The van der Waals surface area contributed by atoms with Crippen LogP contribution in [0, 0.1) is 0 Å². The molecule has 31 heavy (non-hydrogen) atoms. The number of hydrogen-bond donors (Lipinski definition) is 1. The van der Waals surface area contributed by atoms with Crippen LogP contribution in [-0.4, -0.2) is 38.3 Å². The van der Waals surface area contributed by atoms with Gasteiger partial charge in [0.1, 0.15) is 11.5 Å². The van der Waals surface area contributed by atoms with Crippen molar-refractivity contribution in [3.8, 4) is 11.5 Å². The number of para-hydroxylation sites is 1. The number of carbonyl (C=O) groups excluding carboxylic acids is 1. The van der Waals surface area contributed by atoms with E-state index in [1.807, 2.05) is 54.7 Å². The Bertz CT molecular complexity index is 1030. The van der Waals surface area contributed by atoms with Crippen molar-refractivity contribution >= 4 is 22.4 Å². The van der Waals surface area contributed by atoms with Gasteiger partial charge in [0.05, 0.1) is 19.6 Å². The Morgan fingerprint density at radius 2 is 1.84 bits per heavy atom. The lowest BCUT2D eigenvalue weighted by Gasteiger charge is -2.36. The van der Waals surface area contributed by atoms with E-state index in [4.69, 9.17) is 14.2 Å². The highest BCUT2D eigenvalue weighted by Crippen LogP contribution is 2.37. The average molecular weight is 439 g/mol. The summed E-state index contributed by atoms with van der Waals surface area (Å²) >= 11 is 1.49. The van der Waals surface area contributed by atoms with Gasteiger partial charge >= 0.3 is 0 Å². The predicted octanol–water partition coefficient (Wildman–Crippen LogP) is 4.44. The molecule has 1 aromatic heterocycles. The minimum atomic E-state index is -0.640. The lowest BCUT2D eigenvalue weighted by atomic mass is 9.73. The van der Waals surface area contributed by atoms with Crippen LogP contribution in [0.3, 0.4) is 0 Å². The number of amides is 1. The number of thiazole rings is 1. The molecule has 2 aromatic carbocycles. The van der Waals surface area contributed by atoms with E-state index in [1.165, 1.54) is 11.3 Å². The van der Waals surface area contributed by atoms with Crippen molar-refractivity contribution in [3.05, 3.63) is 70.7 Å². The number of nitrogens with one attached hydrogen (secondary N) is 1. The fraction of sp³-hybridized carbons (Fsp3) is 0.333. The molecule has 0 bridgehead atoms. The minimum Gasteiger partial charge on any atom is -0.497 e. The summed E-state index contributed by atoms with van der Waals surface area (Å²) < 4.78 is 16.3. The molecular weight excluding hydrogens is 412 g/mol. The van der Waals surface area contributed by atoms with E-state index in [1.54, 1.807) is 14.2 Å². The molecule has 1 aliphatic rings. The Morgan fingerprint density at radius 3 is 2.55 bits per heavy atom. The Labute approximate surface area is 186 Å². The second-order valence-electron chi connectivity index (χ2n) is 7.50. The molecule has 162 valence electrons. The number of hydrogen-bond acceptors (Lipinski definition) is 6. The number of carbonyl (C=O) groups is 1. The smallest absolute Gasteiger partial charge is 0.236 e. The standard InChI is InChI=1S/C24H26N2O4S/c1-28-19-9-7-18(8-10-19)24(11-13-30-14-12-24)22(27)26-23-25-16-20(31-23)15-17-5-3-4-6-21(17)29-2/h3-10,16H,11-15H2,1-2H3,(H,25,26,27). The Balaban J connectivity index is 1.53. The van der Waals surface area contributed by atoms with Gasteiger partial charge in [-0.05, 0) is 42.2 Å². The lowest BCUT2D eigenvalue weighted by molar-refractivity contribution is -0.125. The Morgan fingerprint density at radius 1 is 1.10 bits per heavy atom. The third-order valence-corrected chi connectivity index (χ3v) is 6.67. The first-order valence-corrected chi connectivity index (χ1v) is 11.1. The topological polar surface area (TPSA) is 69.7 Å². The maximum absolute atomic E-state index is 13.5. The SMILES string of the molecule is COc1ccc(C2(C(=O)Nc3ncc(Cc4ccccc4OC)s3)CCOCC2)cc1. The molecule has 0 atom stereocenters. The molecule has 0 spiro atoms. The van der Waals surface area contributed by atoms with Crippen LogP contribution in [0.1, 0.15) is 28.8 Å². The van der Waals surface area contributed by atoms with Crippen molar-refractivity contribution in [1.29, 1.82) is 0 Å². The first-order valence-electron chi connectivity index (χ1n) is 10.2. The summed E-state index contributed by atoms with van der Waals surface area (Å²) in [4.78, 5) is 19.0. The number of ether oxygens (including phenoxy) is 3. The van der Waals surface area contributed by atoms with Gasteiger partial charge in [-0.2, -0.15) is 0 Å².